The number of nitrogens with one attached hydrogen (secondary N) is 1. The Morgan fingerprint density at radius 1 is 1.22 bits per heavy atom. The summed E-state index contributed by atoms with van der Waals surface area (Å²) in [6.45, 7) is 5.08. The zero-order chi connectivity index (χ0) is 13.0. The van der Waals surface area contributed by atoms with Gasteiger partial charge in [-0.2, -0.15) is 0 Å². The first-order valence-corrected chi connectivity index (χ1v) is 6.51. The number of para-hydroxylation sites is 1. The Kier molecular flexibility index (Phi) is 4.15. The van der Waals surface area contributed by atoms with Crippen LogP contribution in [0.3, 0.4) is 0 Å². The Hall–Kier alpha value is -1.61. The van der Waals surface area contributed by atoms with E-state index in [0.717, 1.165) is 23.0 Å². The van der Waals surface area contributed by atoms with Gasteiger partial charge in [-0.05, 0) is 24.5 Å². The lowest BCUT2D eigenvalue weighted by Gasteiger charge is -2.21. The first kappa shape index (κ1) is 12.8. The van der Waals surface area contributed by atoms with Crippen molar-refractivity contribution in [3.8, 4) is 0 Å². The normalized spacial score (nSPS) is 12.9. The largest absolute Gasteiger partial charge is 0.380 e. The Bertz CT molecular complexity index is 503. The molecule has 0 fully saturated rings. The van der Waals surface area contributed by atoms with Crippen LogP contribution in [0, 0.1) is 5.92 Å². The molecule has 3 N–H and O–H groups in total. The van der Waals surface area contributed by atoms with Crippen LogP contribution < -0.4 is 11.1 Å². The Morgan fingerprint density at radius 2 is 2.00 bits per heavy atom. The average molecular weight is 243 g/mol. The van der Waals surface area contributed by atoms with Gasteiger partial charge < -0.3 is 11.1 Å². The summed E-state index contributed by atoms with van der Waals surface area (Å²) in [5.74, 6) is 0.638. The molecule has 0 saturated carbocycles. The highest BCUT2D eigenvalue weighted by Crippen LogP contribution is 2.22. The molecule has 0 radical (unpaired) electrons. The molecule has 1 unspecified atom stereocenters. The van der Waals surface area contributed by atoms with Crippen LogP contribution in [-0.2, 0) is 0 Å². The first-order chi connectivity index (χ1) is 8.70. The molecule has 2 aromatic rings. The van der Waals surface area contributed by atoms with E-state index in [2.05, 4.69) is 30.2 Å². The molecule has 0 aliphatic heterocycles. The maximum absolute atomic E-state index is 5.83. The van der Waals surface area contributed by atoms with Gasteiger partial charge in [0.25, 0.3) is 0 Å². The van der Waals surface area contributed by atoms with Crippen molar-refractivity contribution in [3.63, 3.8) is 0 Å². The van der Waals surface area contributed by atoms with Crippen LogP contribution in [0.25, 0.3) is 10.9 Å². The number of hydrogen-bond donors (Lipinski definition) is 2. The second-order valence-corrected chi connectivity index (χ2v) is 5.08. The molecule has 0 aliphatic rings. The lowest BCUT2D eigenvalue weighted by atomic mass is 10.0. The van der Waals surface area contributed by atoms with Gasteiger partial charge in [-0.1, -0.05) is 32.0 Å². The summed E-state index contributed by atoms with van der Waals surface area (Å²) < 4.78 is 0. The first-order valence-electron chi connectivity index (χ1n) is 6.51. The minimum absolute atomic E-state index is 0.316. The SMILES string of the molecule is CC(C)CC(CN)Nc1ccnc2ccccc12. The number of nitrogens with zero attached hydrogens (tertiary/aromatic N) is 1. The third-order valence-electron chi connectivity index (χ3n) is 3.05. The molecule has 2 rings (SSSR count). The number of anilines is 1. The summed E-state index contributed by atoms with van der Waals surface area (Å²) in [5.41, 5.74) is 7.97. The van der Waals surface area contributed by atoms with Crippen LogP contribution in [0.5, 0.6) is 0 Å². The van der Waals surface area contributed by atoms with Crippen molar-refractivity contribution >= 4 is 16.6 Å². The molecule has 96 valence electrons. The van der Waals surface area contributed by atoms with Gasteiger partial charge in [0.15, 0.2) is 0 Å². The zero-order valence-electron chi connectivity index (χ0n) is 11.1. The van der Waals surface area contributed by atoms with E-state index in [1.807, 2.05) is 30.5 Å². The summed E-state index contributed by atoms with van der Waals surface area (Å²) in [6.07, 6.45) is 2.92. The van der Waals surface area contributed by atoms with Gasteiger partial charge in [0.05, 0.1) is 5.52 Å². The second-order valence-electron chi connectivity index (χ2n) is 5.08. The lowest BCUT2D eigenvalue weighted by Crippen LogP contribution is -2.30. The van der Waals surface area contributed by atoms with Crippen molar-refractivity contribution in [2.24, 2.45) is 11.7 Å². The predicted molar refractivity (Wildman–Crippen MR) is 77.7 cm³/mol. The molecule has 0 saturated heterocycles. The fourth-order valence-corrected chi connectivity index (χ4v) is 2.22. The number of aromatic nitrogens is 1. The number of benzene rings is 1. The molecular formula is C15H21N3. The molecule has 1 atom stereocenters. The van der Waals surface area contributed by atoms with Crippen molar-refractivity contribution in [2.45, 2.75) is 26.3 Å². The maximum atomic E-state index is 5.83. The minimum atomic E-state index is 0.316. The number of rotatable bonds is 5. The Labute approximate surface area is 108 Å². The fraction of sp³-hybridized carbons (Fsp3) is 0.400. The van der Waals surface area contributed by atoms with E-state index in [4.69, 9.17) is 5.73 Å². The number of fused-ring (bicyclic) bond motifs is 1. The van der Waals surface area contributed by atoms with Crippen LogP contribution in [-0.4, -0.2) is 17.6 Å². The smallest absolute Gasteiger partial charge is 0.0722 e. The van der Waals surface area contributed by atoms with Gasteiger partial charge in [0, 0.05) is 29.9 Å². The van der Waals surface area contributed by atoms with E-state index in [0.29, 0.717) is 18.5 Å². The van der Waals surface area contributed by atoms with Crippen LogP contribution in [0.2, 0.25) is 0 Å². The van der Waals surface area contributed by atoms with Crippen molar-refractivity contribution in [1.29, 1.82) is 0 Å². The zero-order valence-corrected chi connectivity index (χ0v) is 11.1. The number of nitrogens with two attached hydrogens (primary N) is 1. The van der Waals surface area contributed by atoms with Gasteiger partial charge in [0.1, 0.15) is 0 Å². The second kappa shape index (κ2) is 5.83. The molecule has 1 aromatic heterocycles. The lowest BCUT2D eigenvalue weighted by molar-refractivity contribution is 0.522. The molecule has 0 bridgehead atoms. The van der Waals surface area contributed by atoms with E-state index in [9.17, 15) is 0 Å². The molecule has 0 amide bonds. The molecule has 0 spiro atoms. The van der Waals surface area contributed by atoms with E-state index in [-0.39, 0.29) is 0 Å². The molecule has 1 heterocycles. The van der Waals surface area contributed by atoms with Gasteiger partial charge in [0.2, 0.25) is 0 Å². The highest BCUT2D eigenvalue weighted by atomic mass is 14.9. The van der Waals surface area contributed by atoms with Crippen LogP contribution in [0.1, 0.15) is 20.3 Å². The van der Waals surface area contributed by atoms with Gasteiger partial charge >= 0.3 is 0 Å². The van der Waals surface area contributed by atoms with E-state index < -0.39 is 0 Å². The van der Waals surface area contributed by atoms with Crippen molar-refractivity contribution in [3.05, 3.63) is 36.5 Å². The Balaban J connectivity index is 2.25. The van der Waals surface area contributed by atoms with Gasteiger partial charge in [-0.3, -0.25) is 4.98 Å². The molecular weight excluding hydrogens is 222 g/mol. The van der Waals surface area contributed by atoms with Crippen molar-refractivity contribution in [2.75, 3.05) is 11.9 Å². The highest BCUT2D eigenvalue weighted by Gasteiger charge is 2.10. The highest BCUT2D eigenvalue weighted by molar-refractivity contribution is 5.90. The standard InChI is InChI=1S/C15H21N3/c1-11(2)9-12(10-16)18-15-7-8-17-14-6-4-3-5-13(14)15/h3-8,11-12H,9-10,16H2,1-2H3,(H,17,18). The summed E-state index contributed by atoms with van der Waals surface area (Å²) >= 11 is 0. The average Bonchev–Trinajstić information content (AvgIpc) is 2.38. The van der Waals surface area contributed by atoms with Crippen molar-refractivity contribution < 1.29 is 0 Å². The van der Waals surface area contributed by atoms with Crippen molar-refractivity contribution in [1.82, 2.24) is 4.98 Å². The van der Waals surface area contributed by atoms with E-state index >= 15 is 0 Å². The van der Waals surface area contributed by atoms with E-state index in [1.165, 1.54) is 0 Å². The monoisotopic (exact) mass is 243 g/mol. The molecule has 18 heavy (non-hydrogen) atoms. The third-order valence-corrected chi connectivity index (χ3v) is 3.05. The molecule has 3 nitrogen and oxygen atoms in total. The van der Waals surface area contributed by atoms with Gasteiger partial charge in [-0.25, -0.2) is 0 Å². The Morgan fingerprint density at radius 3 is 2.72 bits per heavy atom. The third kappa shape index (κ3) is 2.99. The van der Waals surface area contributed by atoms with E-state index in [1.54, 1.807) is 0 Å². The summed E-state index contributed by atoms with van der Waals surface area (Å²) in [5, 5.41) is 4.69. The van der Waals surface area contributed by atoms with Crippen LogP contribution >= 0.6 is 0 Å². The molecule has 3 heteroatoms. The summed E-state index contributed by atoms with van der Waals surface area (Å²) in [4.78, 5) is 4.36. The summed E-state index contributed by atoms with van der Waals surface area (Å²) in [7, 11) is 0. The molecule has 0 aliphatic carbocycles. The van der Waals surface area contributed by atoms with Gasteiger partial charge in [-0.15, -0.1) is 0 Å². The number of hydrogen-bond acceptors (Lipinski definition) is 3. The fourth-order valence-electron chi connectivity index (χ4n) is 2.22. The summed E-state index contributed by atoms with van der Waals surface area (Å²) in [6, 6.07) is 10.5. The van der Waals surface area contributed by atoms with Crippen LogP contribution in [0.15, 0.2) is 36.5 Å². The maximum Gasteiger partial charge on any atom is 0.0722 e. The molecule has 1 aromatic carbocycles. The van der Waals surface area contributed by atoms with Crippen LogP contribution in [0.4, 0.5) is 5.69 Å². The topological polar surface area (TPSA) is 50.9 Å². The quantitative estimate of drug-likeness (QED) is 0.848. The number of pyridine rings is 1. The predicted octanol–water partition coefficient (Wildman–Crippen LogP) is 3.02. The minimum Gasteiger partial charge on any atom is -0.380 e.